The topological polar surface area (TPSA) is 21.7 Å². The zero-order valence-electron chi connectivity index (χ0n) is 10.1. The van der Waals surface area contributed by atoms with Gasteiger partial charge in [-0.1, -0.05) is 15.9 Å². The zero-order chi connectivity index (χ0) is 11.4. The van der Waals surface area contributed by atoms with E-state index in [-0.39, 0.29) is 0 Å². The number of alkyl halides is 1. The Balaban J connectivity index is 1.93. The number of nitrogens with zero attached hydrogens (tertiary/aromatic N) is 1. The summed E-state index contributed by atoms with van der Waals surface area (Å²) in [6, 6.07) is 0.563. The Bertz CT molecular complexity index is 219. The summed E-state index contributed by atoms with van der Waals surface area (Å²) in [6.07, 6.45) is 2.37. The van der Waals surface area contributed by atoms with Gasteiger partial charge in [0.25, 0.3) is 0 Å². The minimum atomic E-state index is 0.420. The fourth-order valence-electron chi connectivity index (χ4n) is 2.57. The highest BCUT2D eigenvalue weighted by Gasteiger charge is 2.35. The molecule has 2 heterocycles. The normalized spacial score (nSPS) is 31.5. The maximum Gasteiger partial charge on any atom is 0.0619 e. The molecule has 1 atom stereocenters. The highest BCUT2D eigenvalue weighted by atomic mass is 79.9. The smallest absolute Gasteiger partial charge is 0.0619 e. The van der Waals surface area contributed by atoms with Gasteiger partial charge in [0.05, 0.1) is 13.2 Å². The van der Waals surface area contributed by atoms with Gasteiger partial charge in [0.15, 0.2) is 0 Å². The van der Waals surface area contributed by atoms with Gasteiger partial charge in [-0.2, -0.15) is 0 Å². The molecular formula is C12H22BrNO2. The van der Waals surface area contributed by atoms with E-state index in [1.165, 1.54) is 19.4 Å². The molecule has 94 valence electrons. The molecule has 0 aromatic rings. The third kappa shape index (κ3) is 2.97. The molecule has 2 aliphatic heterocycles. The van der Waals surface area contributed by atoms with Crippen molar-refractivity contribution in [2.24, 2.45) is 5.41 Å². The number of hydrogen-bond acceptors (Lipinski definition) is 3. The van der Waals surface area contributed by atoms with Crippen LogP contribution in [0.15, 0.2) is 0 Å². The maximum absolute atomic E-state index is 5.49. The Morgan fingerprint density at radius 2 is 2.00 bits per heavy atom. The quantitative estimate of drug-likeness (QED) is 0.742. The molecule has 16 heavy (non-hydrogen) atoms. The van der Waals surface area contributed by atoms with Crippen LogP contribution in [0.25, 0.3) is 0 Å². The molecule has 0 aromatic carbocycles. The lowest BCUT2D eigenvalue weighted by Crippen LogP contribution is -2.50. The van der Waals surface area contributed by atoms with Crippen molar-refractivity contribution in [2.75, 3.05) is 44.8 Å². The van der Waals surface area contributed by atoms with Crippen molar-refractivity contribution in [3.05, 3.63) is 0 Å². The lowest BCUT2D eigenvalue weighted by Gasteiger charge is -2.43. The molecule has 2 saturated heterocycles. The third-order valence-corrected chi connectivity index (χ3v) is 5.07. The van der Waals surface area contributed by atoms with Crippen LogP contribution in [-0.4, -0.2) is 55.8 Å². The van der Waals surface area contributed by atoms with Crippen LogP contribution in [0.5, 0.6) is 0 Å². The van der Waals surface area contributed by atoms with E-state index in [9.17, 15) is 0 Å². The molecule has 2 aliphatic rings. The first-order valence-electron chi connectivity index (χ1n) is 6.21. The van der Waals surface area contributed by atoms with E-state index in [4.69, 9.17) is 9.47 Å². The van der Waals surface area contributed by atoms with E-state index in [1.807, 2.05) is 0 Å². The molecule has 1 unspecified atom stereocenters. The van der Waals surface area contributed by atoms with E-state index in [0.717, 1.165) is 38.3 Å². The van der Waals surface area contributed by atoms with Gasteiger partial charge < -0.3 is 9.47 Å². The van der Waals surface area contributed by atoms with E-state index in [1.54, 1.807) is 0 Å². The Morgan fingerprint density at radius 3 is 2.62 bits per heavy atom. The van der Waals surface area contributed by atoms with Gasteiger partial charge in [0, 0.05) is 37.7 Å². The highest BCUT2D eigenvalue weighted by molar-refractivity contribution is 9.09. The van der Waals surface area contributed by atoms with Crippen LogP contribution in [0, 0.1) is 5.41 Å². The van der Waals surface area contributed by atoms with E-state index in [0.29, 0.717) is 11.5 Å². The molecule has 2 fully saturated rings. The summed E-state index contributed by atoms with van der Waals surface area (Å²) in [7, 11) is 0. The number of ether oxygens (including phenoxy) is 2. The molecule has 0 radical (unpaired) electrons. The SMILES string of the molecule is CC1COCCN1CC1(CBr)CCOCC1. The van der Waals surface area contributed by atoms with Gasteiger partial charge in [-0.05, 0) is 25.2 Å². The van der Waals surface area contributed by atoms with E-state index in [2.05, 4.69) is 27.8 Å². The van der Waals surface area contributed by atoms with Crippen molar-refractivity contribution in [3.63, 3.8) is 0 Å². The van der Waals surface area contributed by atoms with Gasteiger partial charge >= 0.3 is 0 Å². The van der Waals surface area contributed by atoms with Crippen LogP contribution in [0.1, 0.15) is 19.8 Å². The average molecular weight is 292 g/mol. The van der Waals surface area contributed by atoms with Crippen LogP contribution < -0.4 is 0 Å². The molecule has 0 bridgehead atoms. The van der Waals surface area contributed by atoms with Crippen LogP contribution in [0.3, 0.4) is 0 Å². The molecule has 0 aliphatic carbocycles. The largest absolute Gasteiger partial charge is 0.381 e. The summed E-state index contributed by atoms with van der Waals surface area (Å²) in [5, 5.41) is 1.09. The summed E-state index contributed by atoms with van der Waals surface area (Å²) in [4.78, 5) is 2.58. The predicted molar refractivity (Wildman–Crippen MR) is 68.1 cm³/mol. The Hall–Kier alpha value is 0.360. The second-order valence-electron chi connectivity index (χ2n) is 5.14. The summed E-state index contributed by atoms with van der Waals surface area (Å²) < 4.78 is 11.0. The minimum absolute atomic E-state index is 0.420. The first-order chi connectivity index (χ1) is 7.76. The lowest BCUT2D eigenvalue weighted by atomic mass is 9.81. The maximum atomic E-state index is 5.49. The van der Waals surface area contributed by atoms with Gasteiger partial charge in [0.1, 0.15) is 0 Å². The lowest BCUT2D eigenvalue weighted by molar-refractivity contribution is -0.0424. The Labute approximate surface area is 107 Å². The number of rotatable bonds is 3. The third-order valence-electron chi connectivity index (χ3n) is 3.88. The molecular weight excluding hydrogens is 270 g/mol. The van der Waals surface area contributed by atoms with E-state index < -0.39 is 0 Å². The second-order valence-corrected chi connectivity index (χ2v) is 5.70. The number of hydrogen-bond donors (Lipinski definition) is 0. The molecule has 4 heteroatoms. The van der Waals surface area contributed by atoms with Gasteiger partial charge in [-0.25, -0.2) is 0 Å². The first-order valence-corrected chi connectivity index (χ1v) is 7.33. The summed E-state index contributed by atoms with van der Waals surface area (Å²) in [6.45, 7) is 8.14. The van der Waals surface area contributed by atoms with Gasteiger partial charge in [-0.15, -0.1) is 0 Å². The van der Waals surface area contributed by atoms with Crippen molar-refractivity contribution in [2.45, 2.75) is 25.8 Å². The van der Waals surface area contributed by atoms with Crippen molar-refractivity contribution in [3.8, 4) is 0 Å². The van der Waals surface area contributed by atoms with Crippen LogP contribution in [0.4, 0.5) is 0 Å². The minimum Gasteiger partial charge on any atom is -0.381 e. The van der Waals surface area contributed by atoms with Crippen molar-refractivity contribution in [1.29, 1.82) is 0 Å². The Kier molecular flexibility index (Phi) is 4.65. The molecule has 0 aromatic heterocycles. The van der Waals surface area contributed by atoms with Crippen LogP contribution in [0.2, 0.25) is 0 Å². The molecule has 0 saturated carbocycles. The van der Waals surface area contributed by atoms with Crippen LogP contribution >= 0.6 is 15.9 Å². The second kappa shape index (κ2) is 5.80. The Morgan fingerprint density at radius 1 is 1.25 bits per heavy atom. The van der Waals surface area contributed by atoms with Gasteiger partial charge in [-0.3, -0.25) is 4.90 Å². The predicted octanol–water partition coefficient (Wildman–Crippen LogP) is 1.90. The van der Waals surface area contributed by atoms with Crippen molar-refractivity contribution in [1.82, 2.24) is 4.90 Å². The summed E-state index contributed by atoms with van der Waals surface area (Å²) in [5.74, 6) is 0. The highest BCUT2D eigenvalue weighted by Crippen LogP contribution is 2.34. The van der Waals surface area contributed by atoms with Crippen molar-refractivity contribution >= 4 is 15.9 Å². The fraction of sp³-hybridized carbons (Fsp3) is 1.00. The van der Waals surface area contributed by atoms with Crippen LogP contribution in [-0.2, 0) is 9.47 Å². The molecule has 0 N–H and O–H groups in total. The number of halogens is 1. The zero-order valence-corrected chi connectivity index (χ0v) is 11.7. The summed E-state index contributed by atoms with van der Waals surface area (Å²) >= 11 is 3.70. The standard InChI is InChI=1S/C12H22BrNO2/c1-11-8-16-7-4-14(11)10-12(9-13)2-5-15-6-3-12/h11H,2-10H2,1H3. The number of morpholine rings is 1. The molecule has 0 amide bonds. The molecule has 3 nitrogen and oxygen atoms in total. The average Bonchev–Trinajstić information content (AvgIpc) is 2.33. The monoisotopic (exact) mass is 291 g/mol. The van der Waals surface area contributed by atoms with E-state index >= 15 is 0 Å². The molecule has 0 spiro atoms. The summed E-state index contributed by atoms with van der Waals surface area (Å²) in [5.41, 5.74) is 0.420. The van der Waals surface area contributed by atoms with Gasteiger partial charge in [0.2, 0.25) is 0 Å². The fourth-order valence-corrected chi connectivity index (χ4v) is 3.30. The molecule has 2 rings (SSSR count). The van der Waals surface area contributed by atoms with Crippen molar-refractivity contribution < 1.29 is 9.47 Å². The first kappa shape index (κ1) is 12.8.